The summed E-state index contributed by atoms with van der Waals surface area (Å²) in [7, 11) is 5.83. The lowest BCUT2D eigenvalue weighted by Crippen LogP contribution is -2.42. The summed E-state index contributed by atoms with van der Waals surface area (Å²) < 4.78 is 7.67. The Morgan fingerprint density at radius 2 is 2.19 bits per heavy atom. The van der Waals surface area contributed by atoms with Crippen LogP contribution < -0.4 is 4.90 Å². The maximum atomic E-state index is 12.7. The Morgan fingerprint density at radius 1 is 1.38 bits per heavy atom. The van der Waals surface area contributed by atoms with Crippen LogP contribution in [0.2, 0.25) is 0 Å². The molecule has 26 heavy (non-hydrogen) atoms. The highest BCUT2D eigenvalue weighted by Crippen LogP contribution is 2.23. The van der Waals surface area contributed by atoms with E-state index < -0.39 is 0 Å². The number of morpholine rings is 1. The highest BCUT2D eigenvalue weighted by molar-refractivity contribution is 5.76. The van der Waals surface area contributed by atoms with Gasteiger partial charge in [-0.25, -0.2) is 4.98 Å². The van der Waals surface area contributed by atoms with Crippen molar-refractivity contribution in [2.24, 2.45) is 7.05 Å². The first kappa shape index (κ1) is 18.4. The standard InChI is InChI=1S/C19H27N5O2/c1-14-15(12-23(4)21-14)8-9-19(25)24-10-11-26-17(13-24)16-6-5-7-18(20-16)22(2)3/h5-7,12,17H,8-11,13H2,1-4H3. The highest BCUT2D eigenvalue weighted by atomic mass is 16.5. The summed E-state index contributed by atoms with van der Waals surface area (Å²) in [6, 6.07) is 5.91. The van der Waals surface area contributed by atoms with Crippen LogP contribution in [0.1, 0.15) is 29.5 Å². The van der Waals surface area contributed by atoms with Gasteiger partial charge in [-0.05, 0) is 31.0 Å². The van der Waals surface area contributed by atoms with Gasteiger partial charge in [0.05, 0.1) is 24.5 Å². The van der Waals surface area contributed by atoms with Gasteiger partial charge in [0.15, 0.2) is 0 Å². The zero-order chi connectivity index (χ0) is 18.7. The molecule has 0 aromatic carbocycles. The molecule has 1 aliphatic heterocycles. The van der Waals surface area contributed by atoms with Gasteiger partial charge in [-0.2, -0.15) is 5.10 Å². The van der Waals surface area contributed by atoms with Gasteiger partial charge in [-0.3, -0.25) is 9.48 Å². The molecule has 1 amide bonds. The number of pyridine rings is 1. The van der Waals surface area contributed by atoms with Crippen molar-refractivity contribution in [2.45, 2.75) is 25.9 Å². The van der Waals surface area contributed by atoms with Crippen LogP contribution in [0.3, 0.4) is 0 Å². The third kappa shape index (κ3) is 4.22. The molecule has 7 nitrogen and oxygen atoms in total. The van der Waals surface area contributed by atoms with Crippen LogP contribution in [0, 0.1) is 6.92 Å². The fourth-order valence-corrected chi connectivity index (χ4v) is 3.22. The summed E-state index contributed by atoms with van der Waals surface area (Å²) in [5, 5.41) is 4.34. The molecule has 0 bridgehead atoms. The molecule has 1 aliphatic rings. The third-order valence-corrected chi connectivity index (χ3v) is 4.69. The number of nitrogens with zero attached hydrogens (tertiary/aromatic N) is 5. The second-order valence-corrected chi connectivity index (χ2v) is 6.93. The summed E-state index contributed by atoms with van der Waals surface area (Å²) in [6.07, 6.45) is 3.02. The van der Waals surface area contributed by atoms with Gasteiger partial charge in [0.25, 0.3) is 0 Å². The predicted molar refractivity (Wildman–Crippen MR) is 100 cm³/mol. The summed E-state index contributed by atoms with van der Waals surface area (Å²) in [5.74, 6) is 1.05. The van der Waals surface area contributed by atoms with Crippen LogP contribution in [-0.2, 0) is 23.0 Å². The minimum absolute atomic E-state index is 0.158. The van der Waals surface area contributed by atoms with Gasteiger partial charge in [-0.1, -0.05) is 6.07 Å². The number of hydrogen-bond donors (Lipinski definition) is 0. The van der Waals surface area contributed by atoms with Crippen LogP contribution in [0.25, 0.3) is 0 Å². The Hall–Kier alpha value is -2.41. The number of rotatable bonds is 5. The Bertz CT molecular complexity index is 771. The number of aryl methyl sites for hydroxylation is 3. The van der Waals surface area contributed by atoms with Crippen LogP contribution in [0.15, 0.2) is 24.4 Å². The maximum Gasteiger partial charge on any atom is 0.223 e. The SMILES string of the molecule is Cc1nn(C)cc1CCC(=O)N1CCOC(c2cccc(N(C)C)n2)C1. The van der Waals surface area contributed by atoms with E-state index in [1.165, 1.54) is 0 Å². The van der Waals surface area contributed by atoms with Gasteiger partial charge >= 0.3 is 0 Å². The summed E-state index contributed by atoms with van der Waals surface area (Å²) in [6.45, 7) is 3.70. The summed E-state index contributed by atoms with van der Waals surface area (Å²) >= 11 is 0. The van der Waals surface area contributed by atoms with E-state index in [9.17, 15) is 4.79 Å². The Labute approximate surface area is 154 Å². The van der Waals surface area contributed by atoms with Gasteiger partial charge in [-0.15, -0.1) is 0 Å². The van der Waals surface area contributed by atoms with Crippen LogP contribution in [0.4, 0.5) is 5.82 Å². The third-order valence-electron chi connectivity index (χ3n) is 4.69. The first-order valence-electron chi connectivity index (χ1n) is 8.97. The first-order chi connectivity index (χ1) is 12.4. The van der Waals surface area contributed by atoms with Crippen molar-refractivity contribution in [2.75, 3.05) is 38.7 Å². The van der Waals surface area contributed by atoms with Gasteiger partial charge in [0, 0.05) is 40.3 Å². The van der Waals surface area contributed by atoms with E-state index in [4.69, 9.17) is 4.74 Å². The van der Waals surface area contributed by atoms with Gasteiger partial charge < -0.3 is 14.5 Å². The predicted octanol–water partition coefficient (Wildman–Crippen LogP) is 1.72. The molecule has 7 heteroatoms. The fraction of sp³-hybridized carbons (Fsp3) is 0.526. The highest BCUT2D eigenvalue weighted by Gasteiger charge is 2.26. The average molecular weight is 357 g/mol. The van der Waals surface area contributed by atoms with Crippen LogP contribution in [0.5, 0.6) is 0 Å². The number of hydrogen-bond acceptors (Lipinski definition) is 5. The number of anilines is 1. The number of ether oxygens (including phenoxy) is 1. The minimum atomic E-state index is -0.173. The Morgan fingerprint density at radius 3 is 2.88 bits per heavy atom. The quantitative estimate of drug-likeness (QED) is 0.815. The van der Waals surface area contributed by atoms with Crippen LogP contribution >= 0.6 is 0 Å². The molecule has 2 aromatic heterocycles. The van der Waals surface area contributed by atoms with Crippen molar-refractivity contribution < 1.29 is 9.53 Å². The molecule has 0 spiro atoms. The average Bonchev–Trinajstić information content (AvgIpc) is 2.97. The zero-order valence-electron chi connectivity index (χ0n) is 16.0. The topological polar surface area (TPSA) is 63.5 Å². The van der Waals surface area contributed by atoms with Crippen molar-refractivity contribution >= 4 is 11.7 Å². The summed E-state index contributed by atoms with van der Waals surface area (Å²) in [4.78, 5) is 21.2. The molecule has 0 saturated carbocycles. The van der Waals surface area contributed by atoms with E-state index in [0.717, 1.165) is 29.2 Å². The molecule has 0 radical (unpaired) electrons. The lowest BCUT2D eigenvalue weighted by atomic mass is 10.1. The van der Waals surface area contributed by atoms with Crippen molar-refractivity contribution in [3.05, 3.63) is 41.3 Å². The van der Waals surface area contributed by atoms with E-state index in [1.54, 1.807) is 4.68 Å². The largest absolute Gasteiger partial charge is 0.368 e. The lowest BCUT2D eigenvalue weighted by Gasteiger charge is -2.33. The molecule has 3 rings (SSSR count). The normalized spacial score (nSPS) is 17.4. The van der Waals surface area contributed by atoms with E-state index >= 15 is 0 Å². The van der Waals surface area contributed by atoms with Crippen molar-refractivity contribution in [3.8, 4) is 0 Å². The molecule has 1 unspecified atom stereocenters. The van der Waals surface area contributed by atoms with Crippen LogP contribution in [-0.4, -0.2) is 59.4 Å². The number of carbonyl (C=O) groups is 1. The fourth-order valence-electron chi connectivity index (χ4n) is 3.22. The van der Waals surface area contributed by atoms with Crippen molar-refractivity contribution in [1.29, 1.82) is 0 Å². The van der Waals surface area contributed by atoms with Gasteiger partial charge in [0.2, 0.25) is 5.91 Å². The van der Waals surface area contributed by atoms with E-state index in [2.05, 4.69) is 10.1 Å². The molecule has 1 atom stereocenters. The Balaban J connectivity index is 1.61. The molecule has 1 saturated heterocycles. The van der Waals surface area contributed by atoms with E-state index in [1.807, 2.05) is 62.3 Å². The molecular formula is C19H27N5O2. The smallest absolute Gasteiger partial charge is 0.223 e. The molecule has 0 aliphatic carbocycles. The minimum Gasteiger partial charge on any atom is -0.368 e. The maximum absolute atomic E-state index is 12.7. The number of carbonyl (C=O) groups excluding carboxylic acids is 1. The number of amides is 1. The molecular weight excluding hydrogens is 330 g/mol. The molecule has 0 N–H and O–H groups in total. The second-order valence-electron chi connectivity index (χ2n) is 6.93. The second kappa shape index (κ2) is 7.86. The monoisotopic (exact) mass is 357 g/mol. The molecule has 1 fully saturated rings. The number of aromatic nitrogens is 3. The Kier molecular flexibility index (Phi) is 5.56. The van der Waals surface area contributed by atoms with Crippen molar-refractivity contribution in [1.82, 2.24) is 19.7 Å². The molecule has 2 aromatic rings. The van der Waals surface area contributed by atoms with E-state index in [0.29, 0.717) is 26.1 Å². The lowest BCUT2D eigenvalue weighted by molar-refractivity contribution is -0.139. The summed E-state index contributed by atoms with van der Waals surface area (Å²) in [5.41, 5.74) is 2.99. The molecule has 3 heterocycles. The van der Waals surface area contributed by atoms with E-state index in [-0.39, 0.29) is 12.0 Å². The zero-order valence-corrected chi connectivity index (χ0v) is 16.0. The first-order valence-corrected chi connectivity index (χ1v) is 8.97. The van der Waals surface area contributed by atoms with Crippen molar-refractivity contribution in [3.63, 3.8) is 0 Å². The molecule has 140 valence electrons. The van der Waals surface area contributed by atoms with Gasteiger partial charge in [0.1, 0.15) is 11.9 Å².